The van der Waals surface area contributed by atoms with E-state index in [1.165, 1.54) is 11.3 Å². The van der Waals surface area contributed by atoms with Crippen LogP contribution in [-0.2, 0) is 5.75 Å². The van der Waals surface area contributed by atoms with E-state index in [1.54, 1.807) is 24.9 Å². The highest BCUT2D eigenvalue weighted by Crippen LogP contribution is 2.32. The topological polar surface area (TPSA) is 55.3 Å². The van der Waals surface area contributed by atoms with E-state index in [4.69, 9.17) is 4.74 Å². The van der Waals surface area contributed by atoms with Crippen LogP contribution in [0.2, 0.25) is 0 Å². The van der Waals surface area contributed by atoms with Gasteiger partial charge in [0.2, 0.25) is 5.13 Å². The van der Waals surface area contributed by atoms with Gasteiger partial charge in [0.15, 0.2) is 4.34 Å². The van der Waals surface area contributed by atoms with Gasteiger partial charge in [0.1, 0.15) is 12.0 Å². The second-order valence-corrected chi connectivity index (χ2v) is 6.40. The van der Waals surface area contributed by atoms with Crippen molar-refractivity contribution in [3.05, 3.63) is 29.3 Å². The SMILES string of the molecule is COc1ccc(C=O)cc1CSc1nnc(N(C)C)s1. The molecule has 0 amide bonds. The van der Waals surface area contributed by atoms with Crippen LogP contribution in [0.25, 0.3) is 0 Å². The first-order valence-electron chi connectivity index (χ1n) is 5.89. The standard InChI is InChI=1S/C13H15N3O2S2/c1-16(2)12-14-15-13(20-12)19-8-10-6-9(7-17)4-5-11(10)18-3/h4-7H,8H2,1-3H3. The molecule has 0 aliphatic rings. The minimum atomic E-state index is 0.646. The van der Waals surface area contributed by atoms with Crippen LogP contribution in [0.5, 0.6) is 5.75 Å². The number of nitrogens with zero attached hydrogens (tertiary/aromatic N) is 3. The lowest BCUT2D eigenvalue weighted by Gasteiger charge is -2.07. The van der Waals surface area contributed by atoms with Gasteiger partial charge in [0, 0.05) is 31.0 Å². The third-order valence-electron chi connectivity index (χ3n) is 2.57. The van der Waals surface area contributed by atoms with E-state index >= 15 is 0 Å². The molecule has 0 saturated carbocycles. The molecule has 0 unspecified atom stereocenters. The number of ether oxygens (including phenoxy) is 1. The number of benzene rings is 1. The first kappa shape index (κ1) is 14.8. The number of carbonyl (C=O) groups is 1. The van der Waals surface area contributed by atoms with E-state index in [0.29, 0.717) is 11.3 Å². The van der Waals surface area contributed by atoms with Gasteiger partial charge in [-0.2, -0.15) is 0 Å². The van der Waals surface area contributed by atoms with E-state index in [1.807, 2.05) is 31.1 Å². The number of methoxy groups -OCH3 is 1. The van der Waals surface area contributed by atoms with Crippen LogP contribution in [-0.4, -0.2) is 37.7 Å². The summed E-state index contributed by atoms with van der Waals surface area (Å²) in [5.74, 6) is 1.47. The summed E-state index contributed by atoms with van der Waals surface area (Å²) in [6.45, 7) is 0. The smallest absolute Gasteiger partial charge is 0.208 e. The molecule has 0 N–H and O–H groups in total. The number of aldehydes is 1. The van der Waals surface area contributed by atoms with Gasteiger partial charge >= 0.3 is 0 Å². The average Bonchev–Trinajstić information content (AvgIpc) is 2.93. The van der Waals surface area contributed by atoms with Gasteiger partial charge in [-0.1, -0.05) is 23.1 Å². The Morgan fingerprint density at radius 3 is 2.80 bits per heavy atom. The van der Waals surface area contributed by atoms with Crippen molar-refractivity contribution >= 4 is 34.5 Å². The normalized spacial score (nSPS) is 10.3. The molecule has 7 heteroatoms. The predicted molar refractivity (Wildman–Crippen MR) is 82.2 cm³/mol. The number of thioether (sulfide) groups is 1. The van der Waals surface area contributed by atoms with Crippen molar-refractivity contribution in [2.75, 3.05) is 26.1 Å². The van der Waals surface area contributed by atoms with Gasteiger partial charge in [-0.15, -0.1) is 10.2 Å². The lowest BCUT2D eigenvalue weighted by molar-refractivity contribution is 0.112. The quantitative estimate of drug-likeness (QED) is 0.604. The molecule has 106 valence electrons. The number of hydrogen-bond donors (Lipinski definition) is 0. The first-order chi connectivity index (χ1) is 9.63. The number of anilines is 1. The number of aromatic nitrogens is 2. The zero-order valence-electron chi connectivity index (χ0n) is 11.5. The number of rotatable bonds is 6. The van der Waals surface area contributed by atoms with E-state index in [2.05, 4.69) is 10.2 Å². The van der Waals surface area contributed by atoms with Crippen LogP contribution in [0.4, 0.5) is 5.13 Å². The fourth-order valence-corrected chi connectivity index (χ4v) is 3.31. The highest BCUT2D eigenvalue weighted by atomic mass is 32.2. The van der Waals surface area contributed by atoms with Gasteiger partial charge in [-0.25, -0.2) is 0 Å². The minimum absolute atomic E-state index is 0.646. The summed E-state index contributed by atoms with van der Waals surface area (Å²) in [5, 5.41) is 9.10. The van der Waals surface area contributed by atoms with Crippen molar-refractivity contribution in [3.63, 3.8) is 0 Å². The Balaban J connectivity index is 2.10. The van der Waals surface area contributed by atoms with E-state index in [-0.39, 0.29) is 0 Å². The van der Waals surface area contributed by atoms with Crippen molar-refractivity contribution in [2.45, 2.75) is 10.1 Å². The van der Waals surface area contributed by atoms with Crippen molar-refractivity contribution in [2.24, 2.45) is 0 Å². The fourth-order valence-electron chi connectivity index (χ4n) is 1.57. The summed E-state index contributed by atoms with van der Waals surface area (Å²) >= 11 is 3.12. The molecule has 0 atom stereocenters. The summed E-state index contributed by atoms with van der Waals surface area (Å²) in [6, 6.07) is 5.40. The largest absolute Gasteiger partial charge is 0.496 e. The van der Waals surface area contributed by atoms with Gasteiger partial charge in [-0.3, -0.25) is 4.79 Å². The zero-order chi connectivity index (χ0) is 14.5. The van der Waals surface area contributed by atoms with Crippen molar-refractivity contribution < 1.29 is 9.53 Å². The molecule has 20 heavy (non-hydrogen) atoms. The Bertz CT molecular complexity index is 599. The van der Waals surface area contributed by atoms with E-state index in [0.717, 1.165) is 27.1 Å². The molecule has 0 bridgehead atoms. The predicted octanol–water partition coefficient (Wildman–Crippen LogP) is 2.72. The molecule has 2 rings (SSSR count). The monoisotopic (exact) mass is 309 g/mol. The Kier molecular flexibility index (Phi) is 4.97. The lowest BCUT2D eigenvalue weighted by atomic mass is 10.1. The fraction of sp³-hybridized carbons (Fsp3) is 0.308. The molecule has 1 heterocycles. The van der Waals surface area contributed by atoms with Crippen molar-refractivity contribution in [3.8, 4) is 5.75 Å². The van der Waals surface area contributed by atoms with Gasteiger partial charge in [-0.05, 0) is 18.2 Å². The highest BCUT2D eigenvalue weighted by molar-refractivity contribution is 8.00. The maximum atomic E-state index is 10.8. The third-order valence-corrected chi connectivity index (χ3v) is 4.84. The third kappa shape index (κ3) is 3.49. The van der Waals surface area contributed by atoms with E-state index in [9.17, 15) is 4.79 Å². The summed E-state index contributed by atoms with van der Waals surface area (Å²) in [7, 11) is 5.50. The Morgan fingerprint density at radius 1 is 1.40 bits per heavy atom. The van der Waals surface area contributed by atoms with E-state index < -0.39 is 0 Å². The highest BCUT2D eigenvalue weighted by Gasteiger charge is 2.09. The molecular weight excluding hydrogens is 294 g/mol. The molecule has 0 spiro atoms. The summed E-state index contributed by atoms with van der Waals surface area (Å²) in [6.07, 6.45) is 0.836. The molecule has 2 aromatic rings. The van der Waals surface area contributed by atoms with Crippen LogP contribution in [0.15, 0.2) is 22.5 Å². The average molecular weight is 309 g/mol. The number of hydrogen-bond acceptors (Lipinski definition) is 7. The second kappa shape index (κ2) is 6.71. The molecule has 0 aliphatic heterocycles. The summed E-state index contributed by atoms with van der Waals surface area (Å²) < 4.78 is 6.20. The van der Waals surface area contributed by atoms with Crippen LogP contribution in [0, 0.1) is 0 Å². The van der Waals surface area contributed by atoms with Crippen LogP contribution >= 0.6 is 23.1 Å². The molecule has 0 fully saturated rings. The zero-order valence-corrected chi connectivity index (χ0v) is 13.1. The lowest BCUT2D eigenvalue weighted by Crippen LogP contribution is -2.07. The van der Waals surface area contributed by atoms with Crippen molar-refractivity contribution in [1.29, 1.82) is 0 Å². The van der Waals surface area contributed by atoms with Gasteiger partial charge in [0.25, 0.3) is 0 Å². The molecule has 0 saturated heterocycles. The summed E-state index contributed by atoms with van der Waals surface area (Å²) in [5.41, 5.74) is 1.62. The van der Waals surface area contributed by atoms with Crippen LogP contribution in [0.3, 0.4) is 0 Å². The first-order valence-corrected chi connectivity index (χ1v) is 7.70. The summed E-state index contributed by atoms with van der Waals surface area (Å²) in [4.78, 5) is 12.8. The Labute approximate surface area is 126 Å². The maximum absolute atomic E-state index is 10.8. The molecule has 5 nitrogen and oxygen atoms in total. The molecule has 1 aromatic carbocycles. The van der Waals surface area contributed by atoms with Crippen molar-refractivity contribution in [1.82, 2.24) is 10.2 Å². The van der Waals surface area contributed by atoms with Gasteiger partial charge < -0.3 is 9.64 Å². The second-order valence-electron chi connectivity index (χ2n) is 4.22. The minimum Gasteiger partial charge on any atom is -0.496 e. The molecule has 0 radical (unpaired) electrons. The Morgan fingerprint density at radius 2 is 2.20 bits per heavy atom. The van der Waals surface area contributed by atoms with Gasteiger partial charge in [0.05, 0.1) is 7.11 Å². The Hall–Kier alpha value is -1.60. The number of carbonyl (C=O) groups excluding carboxylic acids is 1. The van der Waals surface area contributed by atoms with Crippen LogP contribution < -0.4 is 9.64 Å². The molecular formula is C13H15N3O2S2. The molecule has 0 aliphatic carbocycles. The maximum Gasteiger partial charge on any atom is 0.208 e. The van der Waals surface area contributed by atoms with Crippen LogP contribution in [0.1, 0.15) is 15.9 Å². The molecule has 1 aromatic heterocycles.